The summed E-state index contributed by atoms with van der Waals surface area (Å²) in [6.07, 6.45) is 8.32. The second-order valence-corrected chi connectivity index (χ2v) is 5.96. The maximum atomic E-state index is 6.14. The molecule has 1 atom stereocenters. The van der Waals surface area contributed by atoms with Gasteiger partial charge in [-0.2, -0.15) is 0 Å². The van der Waals surface area contributed by atoms with Gasteiger partial charge in [0.1, 0.15) is 0 Å². The number of ether oxygens (including phenoxy) is 1. The smallest absolute Gasteiger partial charge is 0.0886 e. The quantitative estimate of drug-likeness (QED) is 0.593. The number of hydrogen-bond donors (Lipinski definition) is 0. The highest BCUT2D eigenvalue weighted by molar-refractivity contribution is 5.51. The minimum Gasteiger partial charge on any atom is -0.364 e. The Kier molecular flexibility index (Phi) is 2.29. The highest BCUT2D eigenvalue weighted by Gasteiger charge is 2.42. The zero-order chi connectivity index (χ0) is 11.3. The molecule has 0 N–H and O–H groups in total. The number of hydrogen-bond acceptors (Lipinski definition) is 1. The van der Waals surface area contributed by atoms with E-state index in [0.29, 0.717) is 6.10 Å². The Labute approximate surface area is 98.6 Å². The molecule has 88 valence electrons. The molecule has 1 aliphatic heterocycles. The Morgan fingerprint density at radius 1 is 1.06 bits per heavy atom. The zero-order valence-electron chi connectivity index (χ0n) is 10.7. The molecule has 0 saturated carbocycles. The van der Waals surface area contributed by atoms with Gasteiger partial charge in [0.15, 0.2) is 0 Å². The molecule has 1 heteroatoms. The van der Waals surface area contributed by atoms with Gasteiger partial charge in [0.2, 0.25) is 0 Å². The molecule has 16 heavy (non-hydrogen) atoms. The van der Waals surface area contributed by atoms with Gasteiger partial charge >= 0.3 is 0 Å². The van der Waals surface area contributed by atoms with Crippen molar-refractivity contribution in [2.75, 3.05) is 0 Å². The van der Waals surface area contributed by atoms with Crippen LogP contribution in [0, 0.1) is 0 Å². The first-order valence-corrected chi connectivity index (χ1v) is 6.72. The van der Waals surface area contributed by atoms with Crippen molar-refractivity contribution in [1.82, 2.24) is 0 Å². The van der Waals surface area contributed by atoms with Crippen LogP contribution in [0.4, 0.5) is 0 Å². The molecule has 0 bridgehead atoms. The number of fused-ring (bicyclic) bond motifs is 1. The minimum absolute atomic E-state index is 0.0346. The maximum Gasteiger partial charge on any atom is 0.0886 e. The van der Waals surface area contributed by atoms with Gasteiger partial charge in [-0.05, 0) is 76.0 Å². The molecule has 0 amide bonds. The molecule has 1 unspecified atom stereocenters. The standard InChI is InChI=1S/C15H22O/c1-10-12-9-8-11-6-4-5-7-13(11)14(12)15(2,3)16-10/h10H,4-9H2,1-3H3. The summed E-state index contributed by atoms with van der Waals surface area (Å²) < 4.78 is 6.14. The lowest BCUT2D eigenvalue weighted by atomic mass is 9.74. The van der Waals surface area contributed by atoms with E-state index in [2.05, 4.69) is 20.8 Å². The lowest BCUT2D eigenvalue weighted by Crippen LogP contribution is -2.26. The Morgan fingerprint density at radius 2 is 1.81 bits per heavy atom. The van der Waals surface area contributed by atoms with Crippen LogP contribution in [0.3, 0.4) is 0 Å². The van der Waals surface area contributed by atoms with E-state index in [9.17, 15) is 0 Å². The summed E-state index contributed by atoms with van der Waals surface area (Å²) in [7, 11) is 0. The van der Waals surface area contributed by atoms with Crippen molar-refractivity contribution in [2.45, 2.75) is 71.0 Å². The van der Waals surface area contributed by atoms with E-state index >= 15 is 0 Å². The van der Waals surface area contributed by atoms with Crippen LogP contribution in [0.2, 0.25) is 0 Å². The first-order valence-electron chi connectivity index (χ1n) is 6.72. The van der Waals surface area contributed by atoms with Crippen LogP contribution in [0.25, 0.3) is 0 Å². The first-order chi connectivity index (χ1) is 7.59. The summed E-state index contributed by atoms with van der Waals surface area (Å²) in [6.45, 7) is 6.71. The summed E-state index contributed by atoms with van der Waals surface area (Å²) in [4.78, 5) is 0. The third-order valence-electron chi connectivity index (χ3n) is 4.47. The molecular weight excluding hydrogens is 196 g/mol. The second-order valence-electron chi connectivity index (χ2n) is 5.96. The molecule has 0 spiro atoms. The third-order valence-corrected chi connectivity index (χ3v) is 4.47. The molecular formula is C15H22O. The predicted octanol–water partition coefficient (Wildman–Crippen LogP) is 4.14. The normalized spacial score (nSPS) is 32.8. The Hall–Kier alpha value is -0.560. The van der Waals surface area contributed by atoms with Gasteiger partial charge in [0.25, 0.3) is 0 Å². The summed E-state index contributed by atoms with van der Waals surface area (Å²) in [5.41, 5.74) is 6.58. The van der Waals surface area contributed by atoms with Crippen molar-refractivity contribution in [2.24, 2.45) is 0 Å². The van der Waals surface area contributed by atoms with Crippen LogP contribution in [0.1, 0.15) is 59.3 Å². The molecule has 3 rings (SSSR count). The highest BCUT2D eigenvalue weighted by atomic mass is 16.5. The van der Waals surface area contributed by atoms with Crippen molar-refractivity contribution >= 4 is 0 Å². The van der Waals surface area contributed by atoms with Crippen LogP contribution in [-0.2, 0) is 4.74 Å². The SMILES string of the molecule is CC1OC(C)(C)C2=C1CCC1=C2CCCC1. The number of allylic oxidation sites excluding steroid dienone is 1. The first kappa shape index (κ1) is 10.6. The fourth-order valence-electron chi connectivity index (χ4n) is 3.88. The van der Waals surface area contributed by atoms with E-state index in [4.69, 9.17) is 4.74 Å². The predicted molar refractivity (Wildman–Crippen MR) is 66.4 cm³/mol. The van der Waals surface area contributed by atoms with E-state index in [1.807, 2.05) is 0 Å². The van der Waals surface area contributed by atoms with E-state index in [-0.39, 0.29) is 5.60 Å². The van der Waals surface area contributed by atoms with Crippen molar-refractivity contribution in [3.05, 3.63) is 22.3 Å². The largest absolute Gasteiger partial charge is 0.364 e. The van der Waals surface area contributed by atoms with Crippen LogP contribution in [0.15, 0.2) is 22.3 Å². The maximum absolute atomic E-state index is 6.14. The minimum atomic E-state index is -0.0346. The molecule has 0 fully saturated rings. The fourth-order valence-corrected chi connectivity index (χ4v) is 3.88. The van der Waals surface area contributed by atoms with E-state index in [1.165, 1.54) is 38.5 Å². The van der Waals surface area contributed by atoms with E-state index in [0.717, 1.165) is 0 Å². The summed E-state index contributed by atoms with van der Waals surface area (Å²) >= 11 is 0. The molecule has 0 aromatic carbocycles. The monoisotopic (exact) mass is 218 g/mol. The van der Waals surface area contributed by atoms with Crippen LogP contribution >= 0.6 is 0 Å². The van der Waals surface area contributed by atoms with Gasteiger partial charge in [0, 0.05) is 0 Å². The molecule has 1 heterocycles. The average Bonchev–Trinajstić information content (AvgIpc) is 2.49. The van der Waals surface area contributed by atoms with Gasteiger partial charge in [-0.15, -0.1) is 0 Å². The molecule has 0 aromatic rings. The van der Waals surface area contributed by atoms with Gasteiger partial charge in [-0.1, -0.05) is 5.57 Å². The van der Waals surface area contributed by atoms with Crippen molar-refractivity contribution in [1.29, 1.82) is 0 Å². The lowest BCUT2D eigenvalue weighted by molar-refractivity contribution is 0.00265. The summed E-state index contributed by atoms with van der Waals surface area (Å²) in [6, 6.07) is 0. The highest BCUT2D eigenvalue weighted by Crippen LogP contribution is 2.49. The molecule has 0 aromatic heterocycles. The molecule has 1 nitrogen and oxygen atoms in total. The van der Waals surface area contributed by atoms with Crippen LogP contribution < -0.4 is 0 Å². The molecule has 0 radical (unpaired) electrons. The van der Waals surface area contributed by atoms with Crippen LogP contribution in [0.5, 0.6) is 0 Å². The number of rotatable bonds is 0. The topological polar surface area (TPSA) is 9.23 Å². The Balaban J connectivity index is 2.10. The summed E-state index contributed by atoms with van der Waals surface area (Å²) in [5.74, 6) is 0. The molecule has 3 aliphatic rings. The molecule has 2 aliphatic carbocycles. The van der Waals surface area contributed by atoms with Crippen molar-refractivity contribution in [3.8, 4) is 0 Å². The van der Waals surface area contributed by atoms with Crippen LogP contribution in [-0.4, -0.2) is 11.7 Å². The average molecular weight is 218 g/mol. The Bertz CT molecular complexity index is 384. The Morgan fingerprint density at radius 3 is 2.62 bits per heavy atom. The fraction of sp³-hybridized carbons (Fsp3) is 0.733. The van der Waals surface area contributed by atoms with Crippen molar-refractivity contribution < 1.29 is 4.74 Å². The van der Waals surface area contributed by atoms with Gasteiger partial charge in [0.05, 0.1) is 11.7 Å². The molecule has 0 saturated heterocycles. The van der Waals surface area contributed by atoms with Gasteiger partial charge in [-0.3, -0.25) is 0 Å². The van der Waals surface area contributed by atoms with E-state index < -0.39 is 0 Å². The van der Waals surface area contributed by atoms with E-state index in [1.54, 1.807) is 22.3 Å². The second kappa shape index (κ2) is 3.46. The van der Waals surface area contributed by atoms with Crippen molar-refractivity contribution in [3.63, 3.8) is 0 Å². The van der Waals surface area contributed by atoms with Gasteiger partial charge in [-0.25, -0.2) is 0 Å². The third kappa shape index (κ3) is 1.41. The zero-order valence-corrected chi connectivity index (χ0v) is 10.7. The summed E-state index contributed by atoms with van der Waals surface area (Å²) in [5, 5.41) is 0. The lowest BCUT2D eigenvalue weighted by Gasteiger charge is -2.31. The van der Waals surface area contributed by atoms with Gasteiger partial charge < -0.3 is 4.74 Å².